The van der Waals surface area contributed by atoms with E-state index in [1.54, 1.807) is 0 Å². The highest BCUT2D eigenvalue weighted by atomic mass is 16.5. The summed E-state index contributed by atoms with van der Waals surface area (Å²) in [5.41, 5.74) is 0.138. The van der Waals surface area contributed by atoms with Crippen molar-refractivity contribution in [3.63, 3.8) is 0 Å². The van der Waals surface area contributed by atoms with Gasteiger partial charge < -0.3 is 14.8 Å². The predicted octanol–water partition coefficient (Wildman–Crippen LogP) is 2.49. The van der Waals surface area contributed by atoms with Gasteiger partial charge in [-0.05, 0) is 38.6 Å². The molecule has 2 aliphatic rings. The summed E-state index contributed by atoms with van der Waals surface area (Å²) in [6.45, 7) is 6.10. The molecule has 0 radical (unpaired) electrons. The van der Waals surface area contributed by atoms with E-state index in [0.29, 0.717) is 6.04 Å². The van der Waals surface area contributed by atoms with Gasteiger partial charge in [0.15, 0.2) is 0 Å². The van der Waals surface area contributed by atoms with Gasteiger partial charge in [-0.25, -0.2) is 0 Å². The Kier molecular flexibility index (Phi) is 5.26. The van der Waals surface area contributed by atoms with Gasteiger partial charge in [0.1, 0.15) is 0 Å². The molecule has 2 rings (SSSR count). The normalized spacial score (nSPS) is 28.4. The van der Waals surface area contributed by atoms with Crippen LogP contribution in [0.25, 0.3) is 0 Å². The van der Waals surface area contributed by atoms with Gasteiger partial charge in [0.2, 0.25) is 0 Å². The third-order valence-corrected chi connectivity index (χ3v) is 4.11. The Labute approximate surface area is 105 Å². The lowest BCUT2D eigenvalue weighted by atomic mass is 9.84. The fourth-order valence-electron chi connectivity index (χ4n) is 2.98. The van der Waals surface area contributed by atoms with Crippen molar-refractivity contribution in [1.82, 2.24) is 5.32 Å². The summed E-state index contributed by atoms with van der Waals surface area (Å²) in [5.74, 6) is 0. The average molecular weight is 241 g/mol. The molecule has 2 saturated heterocycles. The summed E-state index contributed by atoms with van der Waals surface area (Å²) in [4.78, 5) is 0. The Morgan fingerprint density at radius 3 is 2.76 bits per heavy atom. The molecule has 0 amide bonds. The molecule has 1 unspecified atom stereocenters. The number of rotatable bonds is 5. The molecule has 0 aromatic carbocycles. The molecule has 1 spiro atoms. The summed E-state index contributed by atoms with van der Waals surface area (Å²) in [6, 6.07) is 0.665. The van der Waals surface area contributed by atoms with Crippen molar-refractivity contribution in [3.05, 3.63) is 0 Å². The molecular formula is C14H27NO2. The zero-order valence-electron chi connectivity index (χ0n) is 11.2. The quantitative estimate of drug-likeness (QED) is 0.750. The fraction of sp³-hybridized carbons (Fsp3) is 1.00. The van der Waals surface area contributed by atoms with E-state index in [1.165, 1.54) is 38.6 Å². The molecule has 0 saturated carbocycles. The molecule has 1 atom stereocenters. The van der Waals surface area contributed by atoms with E-state index in [1.807, 2.05) is 0 Å². The molecular weight excluding hydrogens is 214 g/mol. The van der Waals surface area contributed by atoms with Crippen LogP contribution in [0.5, 0.6) is 0 Å². The first-order valence-electron chi connectivity index (χ1n) is 7.30. The number of nitrogens with one attached hydrogen (secondary N) is 1. The van der Waals surface area contributed by atoms with Crippen molar-refractivity contribution < 1.29 is 9.47 Å². The molecule has 2 fully saturated rings. The van der Waals surface area contributed by atoms with Crippen molar-refractivity contribution >= 4 is 0 Å². The molecule has 0 aromatic heterocycles. The second-order valence-electron chi connectivity index (χ2n) is 5.49. The molecule has 2 heterocycles. The van der Waals surface area contributed by atoms with E-state index < -0.39 is 0 Å². The van der Waals surface area contributed by atoms with Crippen LogP contribution in [0.1, 0.15) is 51.9 Å². The minimum atomic E-state index is 0.138. The maximum atomic E-state index is 6.04. The van der Waals surface area contributed by atoms with Gasteiger partial charge in [-0.3, -0.25) is 0 Å². The van der Waals surface area contributed by atoms with Crippen LogP contribution >= 0.6 is 0 Å². The Balaban J connectivity index is 1.72. The van der Waals surface area contributed by atoms with Crippen LogP contribution < -0.4 is 5.32 Å². The molecule has 0 bridgehead atoms. The zero-order chi connectivity index (χ0) is 12.0. The van der Waals surface area contributed by atoms with E-state index in [4.69, 9.17) is 9.47 Å². The average Bonchev–Trinajstić information content (AvgIpc) is 2.36. The van der Waals surface area contributed by atoms with Crippen LogP contribution in [0.3, 0.4) is 0 Å². The largest absolute Gasteiger partial charge is 0.381 e. The van der Waals surface area contributed by atoms with E-state index >= 15 is 0 Å². The van der Waals surface area contributed by atoms with E-state index in [9.17, 15) is 0 Å². The molecule has 0 aliphatic carbocycles. The predicted molar refractivity (Wildman–Crippen MR) is 69.3 cm³/mol. The Hall–Kier alpha value is -0.120. The van der Waals surface area contributed by atoms with Gasteiger partial charge in [-0.15, -0.1) is 0 Å². The van der Waals surface area contributed by atoms with Crippen LogP contribution in [0.4, 0.5) is 0 Å². The smallest absolute Gasteiger partial charge is 0.0741 e. The van der Waals surface area contributed by atoms with E-state index in [0.717, 1.165) is 32.7 Å². The number of hydrogen-bond acceptors (Lipinski definition) is 3. The second-order valence-corrected chi connectivity index (χ2v) is 5.49. The molecule has 2 aliphatic heterocycles. The van der Waals surface area contributed by atoms with Gasteiger partial charge in [-0.1, -0.05) is 19.8 Å². The van der Waals surface area contributed by atoms with Crippen LogP contribution in [0.2, 0.25) is 0 Å². The van der Waals surface area contributed by atoms with Crippen molar-refractivity contribution in [3.8, 4) is 0 Å². The first-order valence-corrected chi connectivity index (χ1v) is 7.30. The summed E-state index contributed by atoms with van der Waals surface area (Å²) in [7, 11) is 0. The van der Waals surface area contributed by atoms with Gasteiger partial charge in [0.25, 0.3) is 0 Å². The third-order valence-electron chi connectivity index (χ3n) is 4.11. The second kappa shape index (κ2) is 6.72. The maximum Gasteiger partial charge on any atom is 0.0741 e. The van der Waals surface area contributed by atoms with E-state index in [2.05, 4.69) is 12.2 Å². The maximum absolute atomic E-state index is 6.04. The molecule has 3 heteroatoms. The van der Waals surface area contributed by atoms with Crippen molar-refractivity contribution in [2.24, 2.45) is 0 Å². The lowest BCUT2D eigenvalue weighted by molar-refractivity contribution is -0.140. The third kappa shape index (κ3) is 3.94. The molecule has 1 N–H and O–H groups in total. The first kappa shape index (κ1) is 13.3. The number of unbranched alkanes of at least 4 members (excludes halogenated alkanes) is 2. The fourth-order valence-corrected chi connectivity index (χ4v) is 2.98. The summed E-state index contributed by atoms with van der Waals surface area (Å²) < 4.78 is 11.5. The summed E-state index contributed by atoms with van der Waals surface area (Å²) in [6.07, 6.45) is 8.48. The highest BCUT2D eigenvalue weighted by molar-refractivity contribution is 4.91. The molecule has 3 nitrogen and oxygen atoms in total. The van der Waals surface area contributed by atoms with Gasteiger partial charge in [0.05, 0.1) is 5.60 Å². The van der Waals surface area contributed by atoms with Crippen LogP contribution in [0, 0.1) is 0 Å². The lowest BCUT2D eigenvalue weighted by Gasteiger charge is -2.43. The summed E-state index contributed by atoms with van der Waals surface area (Å²) >= 11 is 0. The summed E-state index contributed by atoms with van der Waals surface area (Å²) in [5, 5.41) is 3.71. The van der Waals surface area contributed by atoms with Gasteiger partial charge in [-0.2, -0.15) is 0 Å². The van der Waals surface area contributed by atoms with E-state index in [-0.39, 0.29) is 5.60 Å². The Bertz CT molecular complexity index is 209. The standard InChI is InChI=1S/C14H27NO2/c1-2-3-4-8-15-13-5-9-17-14(12-13)6-10-16-11-7-14/h13,15H,2-12H2,1H3. The SMILES string of the molecule is CCCCCNC1CCOC2(CCOCC2)C1. The van der Waals surface area contributed by atoms with Crippen molar-refractivity contribution in [2.75, 3.05) is 26.4 Å². The van der Waals surface area contributed by atoms with Crippen molar-refractivity contribution in [1.29, 1.82) is 0 Å². The number of hydrogen-bond donors (Lipinski definition) is 1. The highest BCUT2D eigenvalue weighted by Gasteiger charge is 2.38. The molecule has 17 heavy (non-hydrogen) atoms. The molecule has 100 valence electrons. The lowest BCUT2D eigenvalue weighted by Crippen LogP contribution is -2.50. The molecule has 0 aromatic rings. The minimum Gasteiger partial charge on any atom is -0.381 e. The van der Waals surface area contributed by atoms with Crippen LogP contribution in [-0.4, -0.2) is 38.0 Å². The van der Waals surface area contributed by atoms with Gasteiger partial charge in [0, 0.05) is 25.9 Å². The first-order chi connectivity index (χ1) is 8.35. The highest BCUT2D eigenvalue weighted by Crippen LogP contribution is 2.34. The minimum absolute atomic E-state index is 0.138. The monoisotopic (exact) mass is 241 g/mol. The van der Waals surface area contributed by atoms with Crippen molar-refractivity contribution in [2.45, 2.75) is 63.5 Å². The Morgan fingerprint density at radius 2 is 2.00 bits per heavy atom. The Morgan fingerprint density at radius 1 is 1.18 bits per heavy atom. The van der Waals surface area contributed by atoms with Crippen LogP contribution in [0.15, 0.2) is 0 Å². The zero-order valence-corrected chi connectivity index (χ0v) is 11.2. The van der Waals surface area contributed by atoms with Crippen LogP contribution in [-0.2, 0) is 9.47 Å². The topological polar surface area (TPSA) is 30.5 Å². The van der Waals surface area contributed by atoms with Gasteiger partial charge >= 0.3 is 0 Å². The number of ether oxygens (including phenoxy) is 2.